The molecule has 0 aliphatic heterocycles. The number of carbonyl (C=O) groups excluding carboxylic acids is 1. The molecule has 1 heterocycles. The van der Waals surface area contributed by atoms with Gasteiger partial charge >= 0.3 is 0 Å². The van der Waals surface area contributed by atoms with E-state index in [1.807, 2.05) is 36.3 Å². The number of aryl methyl sites for hydroxylation is 2. The van der Waals surface area contributed by atoms with Crippen molar-refractivity contribution in [1.82, 2.24) is 9.47 Å². The lowest BCUT2D eigenvalue weighted by atomic mass is 10.0. The third kappa shape index (κ3) is 4.73. The average Bonchev–Trinajstić information content (AvgIpc) is 2.97. The van der Waals surface area contributed by atoms with Crippen molar-refractivity contribution in [3.8, 4) is 0 Å². The summed E-state index contributed by atoms with van der Waals surface area (Å²) in [5, 5.41) is 0. The highest BCUT2D eigenvalue weighted by molar-refractivity contribution is 5.94. The normalized spacial score (nSPS) is 11.0. The van der Waals surface area contributed by atoms with Crippen molar-refractivity contribution in [1.29, 1.82) is 0 Å². The molecule has 24 heavy (non-hydrogen) atoms. The van der Waals surface area contributed by atoms with Crippen LogP contribution in [0.5, 0.6) is 0 Å². The number of nitrogens with zero attached hydrogens (tertiary/aromatic N) is 2. The monoisotopic (exact) mass is 326 g/mol. The van der Waals surface area contributed by atoms with E-state index in [-0.39, 0.29) is 11.9 Å². The van der Waals surface area contributed by atoms with Crippen LogP contribution in [0.1, 0.15) is 61.6 Å². The summed E-state index contributed by atoms with van der Waals surface area (Å²) in [6, 6.07) is 12.4. The maximum absolute atomic E-state index is 12.9. The maximum Gasteiger partial charge on any atom is 0.254 e. The van der Waals surface area contributed by atoms with Gasteiger partial charge in [-0.05, 0) is 56.5 Å². The molecule has 0 atom stereocenters. The fourth-order valence-electron chi connectivity index (χ4n) is 2.88. The highest BCUT2D eigenvalue weighted by Gasteiger charge is 2.19. The van der Waals surface area contributed by atoms with Crippen LogP contribution in [0.4, 0.5) is 0 Å². The van der Waals surface area contributed by atoms with Crippen molar-refractivity contribution >= 4 is 5.91 Å². The van der Waals surface area contributed by atoms with Crippen LogP contribution in [0.3, 0.4) is 0 Å². The van der Waals surface area contributed by atoms with E-state index in [2.05, 4.69) is 43.5 Å². The zero-order valence-corrected chi connectivity index (χ0v) is 15.5. The Morgan fingerprint density at radius 3 is 2.38 bits per heavy atom. The zero-order valence-electron chi connectivity index (χ0n) is 15.5. The molecule has 0 spiro atoms. The van der Waals surface area contributed by atoms with E-state index in [0.29, 0.717) is 6.54 Å². The summed E-state index contributed by atoms with van der Waals surface area (Å²) < 4.78 is 2.07. The number of hydrogen-bond acceptors (Lipinski definition) is 1. The zero-order chi connectivity index (χ0) is 17.5. The van der Waals surface area contributed by atoms with E-state index in [1.165, 1.54) is 24.8 Å². The van der Waals surface area contributed by atoms with Gasteiger partial charge in [-0.25, -0.2) is 0 Å². The predicted octanol–water partition coefficient (Wildman–Crippen LogP) is 4.81. The number of benzene rings is 1. The minimum Gasteiger partial charge on any atom is -0.353 e. The summed E-state index contributed by atoms with van der Waals surface area (Å²) in [4.78, 5) is 14.8. The van der Waals surface area contributed by atoms with Gasteiger partial charge < -0.3 is 9.47 Å². The Morgan fingerprint density at radius 2 is 1.83 bits per heavy atom. The van der Waals surface area contributed by atoms with Gasteiger partial charge in [-0.1, -0.05) is 31.9 Å². The molecule has 1 aromatic heterocycles. The minimum absolute atomic E-state index is 0.103. The molecule has 0 N–H and O–H groups in total. The predicted molar refractivity (Wildman–Crippen MR) is 100 cm³/mol. The van der Waals surface area contributed by atoms with Gasteiger partial charge in [0.25, 0.3) is 5.91 Å². The van der Waals surface area contributed by atoms with Crippen molar-refractivity contribution in [3.05, 3.63) is 59.4 Å². The van der Waals surface area contributed by atoms with E-state index in [4.69, 9.17) is 0 Å². The van der Waals surface area contributed by atoms with Gasteiger partial charge in [0.15, 0.2) is 0 Å². The second-order valence-corrected chi connectivity index (χ2v) is 6.79. The van der Waals surface area contributed by atoms with Gasteiger partial charge in [-0.2, -0.15) is 0 Å². The second kappa shape index (κ2) is 8.72. The number of amides is 1. The topological polar surface area (TPSA) is 25.2 Å². The fraction of sp³-hybridized carbons (Fsp3) is 0.476. The molecule has 0 saturated heterocycles. The van der Waals surface area contributed by atoms with Crippen LogP contribution in [0.25, 0.3) is 0 Å². The number of aromatic nitrogens is 1. The molecule has 1 amide bonds. The molecule has 2 aromatic rings. The lowest BCUT2D eigenvalue weighted by Crippen LogP contribution is -2.36. The summed E-state index contributed by atoms with van der Waals surface area (Å²) in [7, 11) is 2.02. The van der Waals surface area contributed by atoms with Crippen molar-refractivity contribution < 1.29 is 4.79 Å². The third-order valence-electron chi connectivity index (χ3n) is 4.54. The Balaban J connectivity index is 2.07. The smallest absolute Gasteiger partial charge is 0.254 e. The first-order chi connectivity index (χ1) is 11.5. The van der Waals surface area contributed by atoms with Crippen LogP contribution < -0.4 is 0 Å². The highest BCUT2D eigenvalue weighted by Crippen LogP contribution is 2.15. The molecule has 0 bridgehead atoms. The second-order valence-electron chi connectivity index (χ2n) is 6.79. The van der Waals surface area contributed by atoms with Crippen LogP contribution in [-0.2, 0) is 20.0 Å². The molecule has 130 valence electrons. The molecule has 0 aliphatic carbocycles. The first-order valence-corrected chi connectivity index (χ1v) is 9.03. The molecule has 2 rings (SSSR count). The molecule has 3 heteroatoms. The molecule has 0 unspecified atom stereocenters. The minimum atomic E-state index is 0.103. The average molecular weight is 326 g/mol. The van der Waals surface area contributed by atoms with E-state index < -0.39 is 0 Å². The summed E-state index contributed by atoms with van der Waals surface area (Å²) >= 11 is 0. The van der Waals surface area contributed by atoms with Crippen molar-refractivity contribution in [2.75, 3.05) is 0 Å². The summed E-state index contributed by atoms with van der Waals surface area (Å²) in [6.45, 7) is 6.99. The van der Waals surface area contributed by atoms with Crippen LogP contribution in [-0.4, -0.2) is 21.4 Å². The molecule has 0 saturated carbocycles. The largest absolute Gasteiger partial charge is 0.353 e. The van der Waals surface area contributed by atoms with Crippen LogP contribution in [0, 0.1) is 0 Å². The van der Waals surface area contributed by atoms with Crippen LogP contribution in [0.15, 0.2) is 42.6 Å². The SMILES string of the molecule is CCCCCc1ccc(C(=O)N(Cc2cccn2C)C(C)C)cc1. The highest BCUT2D eigenvalue weighted by atomic mass is 16.2. The van der Waals surface area contributed by atoms with Gasteiger partial charge in [-0.15, -0.1) is 0 Å². The first kappa shape index (κ1) is 18.3. The Morgan fingerprint density at radius 1 is 1.12 bits per heavy atom. The van der Waals surface area contributed by atoms with Gasteiger partial charge in [0.2, 0.25) is 0 Å². The van der Waals surface area contributed by atoms with Gasteiger partial charge in [0.05, 0.1) is 6.54 Å². The standard InChI is InChI=1S/C21H30N2O/c1-5-6-7-9-18-11-13-19(14-12-18)21(24)23(17(2)3)16-20-10-8-15-22(20)4/h8,10-15,17H,5-7,9,16H2,1-4H3. The Kier molecular flexibility index (Phi) is 6.65. The van der Waals surface area contributed by atoms with Gasteiger partial charge in [0, 0.05) is 30.5 Å². The van der Waals surface area contributed by atoms with E-state index in [9.17, 15) is 4.79 Å². The van der Waals surface area contributed by atoms with Crippen LogP contribution in [0.2, 0.25) is 0 Å². The molecule has 1 aromatic carbocycles. The first-order valence-electron chi connectivity index (χ1n) is 9.03. The van der Waals surface area contributed by atoms with E-state index in [1.54, 1.807) is 0 Å². The van der Waals surface area contributed by atoms with Crippen molar-refractivity contribution in [2.24, 2.45) is 7.05 Å². The third-order valence-corrected chi connectivity index (χ3v) is 4.54. The van der Waals surface area contributed by atoms with E-state index in [0.717, 1.165) is 17.7 Å². The Bertz CT molecular complexity index is 640. The summed E-state index contributed by atoms with van der Waals surface area (Å²) in [6.07, 6.45) is 6.83. The molecule has 0 aliphatic rings. The molecular weight excluding hydrogens is 296 g/mol. The van der Waals surface area contributed by atoms with Crippen LogP contribution >= 0.6 is 0 Å². The molecule has 0 fully saturated rings. The number of rotatable bonds is 8. The van der Waals surface area contributed by atoms with E-state index >= 15 is 0 Å². The number of hydrogen-bond donors (Lipinski definition) is 0. The van der Waals surface area contributed by atoms with Crippen molar-refractivity contribution in [2.45, 2.75) is 59.0 Å². The molecule has 3 nitrogen and oxygen atoms in total. The summed E-state index contributed by atoms with van der Waals surface area (Å²) in [5.74, 6) is 0.103. The maximum atomic E-state index is 12.9. The lowest BCUT2D eigenvalue weighted by molar-refractivity contribution is 0.0686. The summed E-state index contributed by atoms with van der Waals surface area (Å²) in [5.41, 5.74) is 3.24. The van der Waals surface area contributed by atoms with Crippen molar-refractivity contribution in [3.63, 3.8) is 0 Å². The van der Waals surface area contributed by atoms with Gasteiger partial charge in [-0.3, -0.25) is 4.79 Å². The molecule has 0 radical (unpaired) electrons. The lowest BCUT2D eigenvalue weighted by Gasteiger charge is -2.27. The number of unbranched alkanes of at least 4 members (excludes halogenated alkanes) is 2. The molecular formula is C21H30N2O. The van der Waals surface area contributed by atoms with Gasteiger partial charge in [0.1, 0.15) is 0 Å². The Labute approximate surface area is 146 Å². The number of carbonyl (C=O) groups is 1. The quantitative estimate of drug-likeness (QED) is 0.639. The fourth-order valence-corrected chi connectivity index (χ4v) is 2.88. The Hall–Kier alpha value is -2.03.